The molecular weight excluding hydrogens is 552 g/mol. The molecule has 0 aromatic heterocycles. The average Bonchev–Trinajstić information content (AvgIpc) is 2.97. The van der Waals surface area contributed by atoms with Crippen LogP contribution in [0.4, 0.5) is 11.4 Å². The molecule has 0 unspecified atom stereocenters. The normalized spacial score (nSPS) is 11.2. The minimum absolute atomic E-state index is 0.439. The molecule has 4 rings (SSSR count). The van der Waals surface area contributed by atoms with Crippen molar-refractivity contribution in [1.29, 1.82) is 0 Å². The standard InChI is InChI=1S/C33H38N2O6S/c1-26-32(34-42(3,36)37)13-8-14-33(26)35(24-27-9-5-4-6-10-27)25-28-15-17-29(18-16-28)41-31-12-7-11-30(23-31)40-22-21-39-20-19-38-2/h4-18,23,34H,19-22,24-25H2,1-3H3. The van der Waals surface area contributed by atoms with E-state index < -0.39 is 10.0 Å². The highest BCUT2D eigenvalue weighted by Gasteiger charge is 2.15. The summed E-state index contributed by atoms with van der Waals surface area (Å²) < 4.78 is 48.8. The Hall–Kier alpha value is -4.05. The second-order valence-electron chi connectivity index (χ2n) is 9.84. The number of sulfonamides is 1. The van der Waals surface area contributed by atoms with E-state index in [1.807, 2.05) is 85.8 Å². The monoisotopic (exact) mass is 590 g/mol. The Kier molecular flexibility index (Phi) is 11.2. The molecule has 222 valence electrons. The molecule has 0 aliphatic rings. The Bertz CT molecular complexity index is 1510. The molecule has 42 heavy (non-hydrogen) atoms. The molecule has 0 bridgehead atoms. The molecule has 0 fully saturated rings. The van der Waals surface area contributed by atoms with Gasteiger partial charge in [-0.25, -0.2) is 8.42 Å². The minimum Gasteiger partial charge on any atom is -0.491 e. The van der Waals surface area contributed by atoms with Crippen molar-refractivity contribution in [1.82, 2.24) is 0 Å². The number of hydrogen-bond donors (Lipinski definition) is 1. The molecule has 0 aliphatic heterocycles. The van der Waals surface area contributed by atoms with E-state index in [1.54, 1.807) is 13.2 Å². The molecular formula is C33H38N2O6S. The fourth-order valence-electron chi connectivity index (χ4n) is 4.42. The lowest BCUT2D eigenvalue weighted by molar-refractivity contribution is 0.0544. The SMILES string of the molecule is COCCOCCOc1cccc(Oc2ccc(CN(Cc3ccccc3)c3cccc(NS(C)(=O)=O)c3C)cc2)c1. The van der Waals surface area contributed by atoms with Crippen molar-refractivity contribution >= 4 is 21.4 Å². The van der Waals surface area contributed by atoms with Gasteiger partial charge in [0.2, 0.25) is 10.0 Å². The molecule has 1 N–H and O–H groups in total. The Morgan fingerprint density at radius 1 is 0.714 bits per heavy atom. The van der Waals surface area contributed by atoms with Crippen LogP contribution in [0.15, 0.2) is 97.1 Å². The first-order valence-electron chi connectivity index (χ1n) is 13.7. The van der Waals surface area contributed by atoms with Gasteiger partial charge in [-0.3, -0.25) is 4.72 Å². The summed E-state index contributed by atoms with van der Waals surface area (Å²) in [4.78, 5) is 2.24. The summed E-state index contributed by atoms with van der Waals surface area (Å²) in [5.74, 6) is 2.10. The van der Waals surface area contributed by atoms with Crippen LogP contribution in [-0.2, 0) is 32.6 Å². The molecule has 0 amide bonds. The molecule has 0 aliphatic carbocycles. The summed E-state index contributed by atoms with van der Waals surface area (Å²) in [7, 11) is -1.76. The summed E-state index contributed by atoms with van der Waals surface area (Å²) in [6.07, 6.45) is 1.16. The van der Waals surface area contributed by atoms with Crippen molar-refractivity contribution in [3.63, 3.8) is 0 Å². The van der Waals surface area contributed by atoms with E-state index in [0.29, 0.717) is 62.5 Å². The highest BCUT2D eigenvalue weighted by atomic mass is 32.2. The van der Waals surface area contributed by atoms with E-state index in [4.69, 9.17) is 18.9 Å². The largest absolute Gasteiger partial charge is 0.491 e. The third kappa shape index (κ3) is 9.80. The van der Waals surface area contributed by atoms with Gasteiger partial charge in [0.1, 0.15) is 23.9 Å². The van der Waals surface area contributed by atoms with Crippen LogP contribution in [0.5, 0.6) is 17.2 Å². The quantitative estimate of drug-likeness (QED) is 0.151. The third-order valence-electron chi connectivity index (χ3n) is 6.42. The lowest BCUT2D eigenvalue weighted by atomic mass is 10.1. The van der Waals surface area contributed by atoms with Gasteiger partial charge >= 0.3 is 0 Å². The van der Waals surface area contributed by atoms with Crippen LogP contribution in [0.1, 0.15) is 16.7 Å². The molecule has 0 saturated heterocycles. The summed E-state index contributed by atoms with van der Waals surface area (Å²) in [5, 5.41) is 0. The smallest absolute Gasteiger partial charge is 0.229 e. The molecule has 0 atom stereocenters. The van der Waals surface area contributed by atoms with Crippen LogP contribution in [0, 0.1) is 6.92 Å². The minimum atomic E-state index is -3.40. The van der Waals surface area contributed by atoms with Gasteiger partial charge < -0.3 is 23.8 Å². The topological polar surface area (TPSA) is 86.3 Å². The molecule has 4 aromatic carbocycles. The predicted molar refractivity (Wildman–Crippen MR) is 167 cm³/mol. The fraction of sp³-hybridized carbons (Fsp3) is 0.273. The number of nitrogens with one attached hydrogen (secondary N) is 1. The van der Waals surface area contributed by atoms with Crippen LogP contribution in [0.25, 0.3) is 0 Å². The Morgan fingerprint density at radius 3 is 2.10 bits per heavy atom. The highest BCUT2D eigenvalue weighted by molar-refractivity contribution is 7.92. The van der Waals surface area contributed by atoms with Crippen molar-refractivity contribution in [2.75, 3.05) is 49.4 Å². The Morgan fingerprint density at radius 2 is 1.38 bits per heavy atom. The number of anilines is 2. The maximum atomic E-state index is 11.9. The number of benzene rings is 4. The molecule has 8 nitrogen and oxygen atoms in total. The van der Waals surface area contributed by atoms with Crippen LogP contribution in [-0.4, -0.2) is 48.2 Å². The number of hydrogen-bond acceptors (Lipinski definition) is 7. The van der Waals surface area contributed by atoms with Crippen LogP contribution >= 0.6 is 0 Å². The van der Waals surface area contributed by atoms with E-state index >= 15 is 0 Å². The number of rotatable bonds is 16. The summed E-state index contributed by atoms with van der Waals surface area (Å²) in [6, 6.07) is 31.4. The molecule has 0 saturated carbocycles. The van der Waals surface area contributed by atoms with Gasteiger partial charge in [-0.15, -0.1) is 0 Å². The van der Waals surface area contributed by atoms with Crippen molar-refractivity contribution in [3.8, 4) is 17.2 Å². The van der Waals surface area contributed by atoms with Crippen molar-refractivity contribution in [2.24, 2.45) is 0 Å². The molecule has 0 spiro atoms. The zero-order valence-corrected chi connectivity index (χ0v) is 25.1. The fourth-order valence-corrected chi connectivity index (χ4v) is 5.04. The first kappa shape index (κ1) is 30.9. The highest BCUT2D eigenvalue weighted by Crippen LogP contribution is 2.31. The molecule has 4 aromatic rings. The van der Waals surface area contributed by atoms with Gasteiger partial charge in [-0.1, -0.05) is 54.6 Å². The second kappa shape index (κ2) is 15.3. The van der Waals surface area contributed by atoms with Gasteiger partial charge in [0.25, 0.3) is 0 Å². The van der Waals surface area contributed by atoms with Gasteiger partial charge in [0.05, 0.1) is 31.8 Å². The Balaban J connectivity index is 1.45. The number of ether oxygens (including phenoxy) is 4. The number of methoxy groups -OCH3 is 1. The summed E-state index contributed by atoms with van der Waals surface area (Å²) in [6.45, 7) is 5.23. The third-order valence-corrected chi connectivity index (χ3v) is 7.01. The van der Waals surface area contributed by atoms with Crippen molar-refractivity contribution < 1.29 is 27.4 Å². The van der Waals surface area contributed by atoms with Crippen molar-refractivity contribution in [2.45, 2.75) is 20.0 Å². The maximum absolute atomic E-state index is 11.9. The average molecular weight is 591 g/mol. The van der Waals surface area contributed by atoms with E-state index in [9.17, 15) is 8.42 Å². The van der Waals surface area contributed by atoms with Crippen LogP contribution in [0.2, 0.25) is 0 Å². The van der Waals surface area contributed by atoms with E-state index in [1.165, 1.54) is 0 Å². The predicted octanol–water partition coefficient (Wildman–Crippen LogP) is 6.41. The number of nitrogens with zero attached hydrogens (tertiary/aromatic N) is 1. The van der Waals surface area contributed by atoms with Crippen LogP contribution in [0.3, 0.4) is 0 Å². The molecule has 0 radical (unpaired) electrons. The molecule has 0 heterocycles. The van der Waals surface area contributed by atoms with Crippen molar-refractivity contribution in [3.05, 3.63) is 114 Å². The van der Waals surface area contributed by atoms with Gasteiger partial charge in [0, 0.05) is 32.0 Å². The van der Waals surface area contributed by atoms with E-state index in [-0.39, 0.29) is 0 Å². The molecule has 9 heteroatoms. The van der Waals surface area contributed by atoms with Gasteiger partial charge in [-0.05, 0) is 60.0 Å². The van der Waals surface area contributed by atoms with E-state index in [2.05, 4.69) is 21.8 Å². The lowest BCUT2D eigenvalue weighted by Gasteiger charge is -2.28. The summed E-state index contributed by atoms with van der Waals surface area (Å²) >= 11 is 0. The summed E-state index contributed by atoms with van der Waals surface area (Å²) in [5.41, 5.74) is 4.63. The zero-order chi connectivity index (χ0) is 29.8. The van der Waals surface area contributed by atoms with Gasteiger partial charge in [-0.2, -0.15) is 0 Å². The first-order chi connectivity index (χ1) is 20.3. The Labute approximate surface area is 248 Å². The zero-order valence-electron chi connectivity index (χ0n) is 24.3. The first-order valence-corrected chi connectivity index (χ1v) is 15.6. The van der Waals surface area contributed by atoms with Gasteiger partial charge in [0.15, 0.2) is 0 Å². The lowest BCUT2D eigenvalue weighted by Crippen LogP contribution is -2.23. The van der Waals surface area contributed by atoms with E-state index in [0.717, 1.165) is 28.6 Å². The second-order valence-corrected chi connectivity index (χ2v) is 11.6. The van der Waals surface area contributed by atoms with Crippen LogP contribution < -0.4 is 19.1 Å². The maximum Gasteiger partial charge on any atom is 0.229 e.